The van der Waals surface area contributed by atoms with Gasteiger partial charge in [-0.1, -0.05) is 36.4 Å². The van der Waals surface area contributed by atoms with Crippen LogP contribution in [-0.4, -0.2) is 63.3 Å². The highest BCUT2D eigenvalue weighted by Gasteiger charge is 2.31. The number of likely N-dealkylation sites (N-methyl/N-ethyl adjacent to an activating group) is 1. The molecule has 39 heavy (non-hydrogen) atoms. The van der Waals surface area contributed by atoms with Gasteiger partial charge in [0.2, 0.25) is 5.91 Å². The van der Waals surface area contributed by atoms with Crippen LogP contribution in [0.15, 0.2) is 60.7 Å². The molecule has 1 aliphatic rings. The molecule has 0 aliphatic carbocycles. The molecule has 0 spiro atoms. The van der Waals surface area contributed by atoms with E-state index in [2.05, 4.69) is 23.1 Å². The van der Waals surface area contributed by atoms with Gasteiger partial charge in [-0.15, -0.1) is 0 Å². The largest absolute Gasteiger partial charge is 0.493 e. The van der Waals surface area contributed by atoms with Crippen molar-refractivity contribution in [2.75, 3.05) is 41.5 Å². The standard InChI is InChI=1S/C32H40N2O5/c1-22(2)39-31-19-26-25(18-30(31)38-6)14-15-34(21-32(35)33(3)20-23-10-8-7-9-11-23)27(26)16-24-12-13-28(36-4)29(17-24)37-5/h7-13,17-19,22,27H,14-16,20-21H2,1-6H3. The summed E-state index contributed by atoms with van der Waals surface area (Å²) in [6, 6.07) is 20.3. The van der Waals surface area contributed by atoms with E-state index in [-0.39, 0.29) is 18.1 Å². The van der Waals surface area contributed by atoms with Crippen LogP contribution in [0.4, 0.5) is 0 Å². The molecule has 1 atom stereocenters. The minimum absolute atomic E-state index is 0.00848. The maximum Gasteiger partial charge on any atom is 0.236 e. The summed E-state index contributed by atoms with van der Waals surface area (Å²) in [5.74, 6) is 2.93. The number of benzene rings is 3. The van der Waals surface area contributed by atoms with Gasteiger partial charge in [-0.25, -0.2) is 0 Å². The maximum atomic E-state index is 13.4. The highest BCUT2D eigenvalue weighted by atomic mass is 16.5. The molecule has 3 aromatic carbocycles. The monoisotopic (exact) mass is 532 g/mol. The fourth-order valence-electron chi connectivity index (χ4n) is 5.17. The SMILES string of the molecule is COc1ccc(CC2c3cc(OC(C)C)c(OC)cc3CCN2CC(=O)N(C)Cc2ccccc2)cc1OC. The summed E-state index contributed by atoms with van der Waals surface area (Å²) >= 11 is 0. The first-order valence-corrected chi connectivity index (χ1v) is 13.4. The van der Waals surface area contributed by atoms with Gasteiger partial charge in [0.05, 0.1) is 34.0 Å². The lowest BCUT2D eigenvalue weighted by atomic mass is 9.88. The summed E-state index contributed by atoms with van der Waals surface area (Å²) in [4.78, 5) is 17.5. The Morgan fingerprint density at radius 3 is 2.26 bits per heavy atom. The number of methoxy groups -OCH3 is 3. The Labute approximate surface area is 232 Å². The number of nitrogens with zero attached hydrogens (tertiary/aromatic N) is 2. The second-order valence-electron chi connectivity index (χ2n) is 10.2. The van der Waals surface area contributed by atoms with Gasteiger partial charge < -0.3 is 23.8 Å². The molecular weight excluding hydrogens is 492 g/mol. The average Bonchev–Trinajstić information content (AvgIpc) is 2.94. The topological polar surface area (TPSA) is 60.5 Å². The zero-order valence-corrected chi connectivity index (χ0v) is 23.9. The Hall–Kier alpha value is -3.71. The van der Waals surface area contributed by atoms with Crippen LogP contribution in [0.2, 0.25) is 0 Å². The zero-order valence-electron chi connectivity index (χ0n) is 23.9. The van der Waals surface area contributed by atoms with Gasteiger partial charge >= 0.3 is 0 Å². The summed E-state index contributed by atoms with van der Waals surface area (Å²) in [7, 11) is 6.83. The summed E-state index contributed by atoms with van der Waals surface area (Å²) in [5, 5.41) is 0. The molecule has 0 fully saturated rings. The number of fused-ring (bicyclic) bond motifs is 1. The van der Waals surface area contributed by atoms with E-state index in [0.29, 0.717) is 31.0 Å². The van der Waals surface area contributed by atoms with Gasteiger partial charge in [0, 0.05) is 26.2 Å². The van der Waals surface area contributed by atoms with Gasteiger partial charge in [0.1, 0.15) is 0 Å². The summed E-state index contributed by atoms with van der Waals surface area (Å²) in [6.45, 7) is 5.69. The highest BCUT2D eigenvalue weighted by molar-refractivity contribution is 5.78. The number of amides is 1. The van der Waals surface area contributed by atoms with Crippen molar-refractivity contribution in [3.8, 4) is 23.0 Å². The molecule has 0 radical (unpaired) electrons. The van der Waals surface area contributed by atoms with E-state index >= 15 is 0 Å². The van der Waals surface area contributed by atoms with E-state index < -0.39 is 0 Å². The van der Waals surface area contributed by atoms with Crippen LogP contribution in [0.25, 0.3) is 0 Å². The third kappa shape index (κ3) is 6.84. The van der Waals surface area contributed by atoms with Crippen molar-refractivity contribution in [1.82, 2.24) is 9.80 Å². The quantitative estimate of drug-likeness (QED) is 0.334. The number of rotatable bonds is 11. The second-order valence-corrected chi connectivity index (χ2v) is 10.2. The fourth-order valence-corrected chi connectivity index (χ4v) is 5.17. The Balaban J connectivity index is 1.66. The smallest absolute Gasteiger partial charge is 0.236 e. The fraction of sp³-hybridized carbons (Fsp3) is 0.406. The van der Waals surface area contributed by atoms with Gasteiger partial charge in [-0.05, 0) is 73.2 Å². The Morgan fingerprint density at radius 1 is 0.897 bits per heavy atom. The normalized spacial score (nSPS) is 15.0. The lowest BCUT2D eigenvalue weighted by Crippen LogP contribution is -2.43. The van der Waals surface area contributed by atoms with Crippen molar-refractivity contribution in [3.05, 3.63) is 82.9 Å². The molecule has 7 nitrogen and oxygen atoms in total. The second kappa shape index (κ2) is 12.9. The van der Waals surface area contributed by atoms with E-state index in [1.165, 1.54) is 5.56 Å². The molecule has 1 amide bonds. The lowest BCUT2D eigenvalue weighted by Gasteiger charge is -2.38. The maximum absolute atomic E-state index is 13.4. The van der Waals surface area contributed by atoms with E-state index in [1.807, 2.05) is 63.4 Å². The first kappa shape index (κ1) is 28.3. The summed E-state index contributed by atoms with van der Waals surface area (Å²) in [6.07, 6.45) is 1.54. The first-order valence-electron chi connectivity index (χ1n) is 13.4. The van der Waals surface area contributed by atoms with Crippen LogP contribution in [0.5, 0.6) is 23.0 Å². The van der Waals surface area contributed by atoms with Crippen molar-refractivity contribution in [2.45, 2.75) is 45.4 Å². The highest BCUT2D eigenvalue weighted by Crippen LogP contribution is 2.40. The van der Waals surface area contributed by atoms with Gasteiger partial charge in [0.15, 0.2) is 23.0 Å². The Kier molecular flexibility index (Phi) is 9.36. The molecule has 1 heterocycles. The molecule has 0 aromatic heterocycles. The Morgan fingerprint density at radius 2 is 1.59 bits per heavy atom. The average molecular weight is 533 g/mol. The third-order valence-electron chi connectivity index (χ3n) is 7.16. The third-order valence-corrected chi connectivity index (χ3v) is 7.16. The number of carbonyl (C=O) groups excluding carboxylic acids is 1. The molecule has 208 valence electrons. The predicted molar refractivity (Wildman–Crippen MR) is 153 cm³/mol. The molecule has 0 saturated heterocycles. The molecule has 4 rings (SSSR count). The van der Waals surface area contributed by atoms with E-state index in [9.17, 15) is 4.79 Å². The number of hydrogen-bond donors (Lipinski definition) is 0. The van der Waals surface area contributed by atoms with E-state index in [1.54, 1.807) is 26.2 Å². The molecule has 0 saturated carbocycles. The van der Waals surface area contributed by atoms with Crippen molar-refractivity contribution < 1.29 is 23.7 Å². The van der Waals surface area contributed by atoms with Gasteiger partial charge in [-0.3, -0.25) is 9.69 Å². The molecule has 0 N–H and O–H groups in total. The van der Waals surface area contributed by atoms with Crippen molar-refractivity contribution in [1.29, 1.82) is 0 Å². The number of hydrogen-bond acceptors (Lipinski definition) is 6. The Bertz CT molecular complexity index is 1260. The lowest BCUT2D eigenvalue weighted by molar-refractivity contribution is -0.132. The molecule has 7 heteroatoms. The van der Waals surface area contributed by atoms with Crippen LogP contribution < -0.4 is 18.9 Å². The molecule has 3 aromatic rings. The van der Waals surface area contributed by atoms with Crippen LogP contribution in [0.3, 0.4) is 0 Å². The number of ether oxygens (including phenoxy) is 4. The molecule has 0 bridgehead atoms. The predicted octanol–water partition coefficient (Wildman–Crippen LogP) is 5.30. The van der Waals surface area contributed by atoms with Crippen LogP contribution >= 0.6 is 0 Å². The van der Waals surface area contributed by atoms with Crippen molar-refractivity contribution >= 4 is 5.91 Å². The van der Waals surface area contributed by atoms with Gasteiger partial charge in [0.25, 0.3) is 0 Å². The van der Waals surface area contributed by atoms with E-state index in [0.717, 1.165) is 41.2 Å². The molecule has 1 aliphatic heterocycles. The van der Waals surface area contributed by atoms with Crippen LogP contribution in [0, 0.1) is 0 Å². The first-order chi connectivity index (χ1) is 18.8. The van der Waals surface area contributed by atoms with Crippen LogP contribution in [0.1, 0.15) is 42.1 Å². The van der Waals surface area contributed by atoms with E-state index in [4.69, 9.17) is 18.9 Å². The molecular formula is C32H40N2O5. The van der Waals surface area contributed by atoms with Crippen molar-refractivity contribution in [3.63, 3.8) is 0 Å². The summed E-state index contributed by atoms with van der Waals surface area (Å²) < 4.78 is 22.8. The van der Waals surface area contributed by atoms with Crippen molar-refractivity contribution in [2.24, 2.45) is 0 Å². The zero-order chi connectivity index (χ0) is 27.9. The van der Waals surface area contributed by atoms with Gasteiger partial charge in [-0.2, -0.15) is 0 Å². The number of carbonyl (C=O) groups is 1. The minimum atomic E-state index is -0.0265. The summed E-state index contributed by atoms with van der Waals surface area (Å²) in [5.41, 5.74) is 4.59. The minimum Gasteiger partial charge on any atom is -0.493 e. The molecule has 1 unspecified atom stereocenters. The van der Waals surface area contributed by atoms with Crippen LogP contribution in [-0.2, 0) is 24.2 Å².